The molecule has 0 heterocycles. The molecule has 3 heteroatoms. The Balaban J connectivity index is 1.45. The number of nitrogens with one attached hydrogen (secondary N) is 1. The first kappa shape index (κ1) is 16.6. The molecule has 4 aliphatic carbocycles. The summed E-state index contributed by atoms with van der Waals surface area (Å²) in [5.41, 5.74) is 3.37. The van der Waals surface area contributed by atoms with Crippen LogP contribution in [0.25, 0.3) is 0 Å². The second kappa shape index (κ2) is 6.23. The highest BCUT2D eigenvalue weighted by molar-refractivity contribution is 9.10. The molecule has 1 N–H and O–H groups in total. The number of carbonyl (C=O) groups is 1. The van der Waals surface area contributed by atoms with Crippen molar-refractivity contribution < 1.29 is 4.79 Å². The van der Waals surface area contributed by atoms with Crippen molar-refractivity contribution in [3.8, 4) is 0 Å². The van der Waals surface area contributed by atoms with Gasteiger partial charge in [0, 0.05) is 10.0 Å². The fourth-order valence-electron chi connectivity index (χ4n) is 6.20. The molecule has 4 aliphatic rings. The van der Waals surface area contributed by atoms with E-state index in [0.717, 1.165) is 27.9 Å². The van der Waals surface area contributed by atoms with Gasteiger partial charge in [0.15, 0.2) is 0 Å². The molecule has 2 nitrogen and oxygen atoms in total. The van der Waals surface area contributed by atoms with E-state index in [9.17, 15) is 4.79 Å². The summed E-state index contributed by atoms with van der Waals surface area (Å²) >= 11 is 3.63. The molecule has 0 radical (unpaired) electrons. The van der Waals surface area contributed by atoms with Gasteiger partial charge >= 0.3 is 0 Å². The quantitative estimate of drug-likeness (QED) is 0.644. The normalized spacial score (nSPS) is 31.8. The van der Waals surface area contributed by atoms with Gasteiger partial charge in [-0.15, -0.1) is 0 Å². The zero-order valence-corrected chi connectivity index (χ0v) is 16.5. The second-order valence-corrected chi connectivity index (χ2v) is 9.57. The molecule has 0 spiro atoms. The zero-order chi connectivity index (χ0) is 17.7. The van der Waals surface area contributed by atoms with E-state index in [1.165, 1.54) is 44.1 Å². The molecule has 2 aromatic carbocycles. The molecule has 0 unspecified atom stereocenters. The monoisotopic (exact) mass is 409 g/mol. The van der Waals surface area contributed by atoms with E-state index in [4.69, 9.17) is 0 Å². The van der Waals surface area contributed by atoms with Crippen LogP contribution in [0.2, 0.25) is 0 Å². The number of halogens is 1. The lowest BCUT2D eigenvalue weighted by atomic mass is 9.48. The molecule has 1 amide bonds. The number of carbonyl (C=O) groups excluding carboxylic acids is 1. The predicted molar refractivity (Wildman–Crippen MR) is 108 cm³/mol. The van der Waals surface area contributed by atoms with E-state index in [0.29, 0.717) is 11.0 Å². The molecule has 134 valence electrons. The van der Waals surface area contributed by atoms with Gasteiger partial charge in [-0.3, -0.25) is 4.79 Å². The number of anilines is 1. The summed E-state index contributed by atoms with van der Waals surface area (Å²) in [5.74, 6) is 2.72. The van der Waals surface area contributed by atoms with Crippen molar-refractivity contribution in [3.05, 3.63) is 64.1 Å². The van der Waals surface area contributed by atoms with Gasteiger partial charge in [0.2, 0.25) is 0 Å². The summed E-state index contributed by atoms with van der Waals surface area (Å²) < 4.78 is 0.954. The van der Waals surface area contributed by atoms with E-state index in [1.54, 1.807) is 0 Å². The van der Waals surface area contributed by atoms with Crippen molar-refractivity contribution in [2.45, 2.75) is 43.9 Å². The Bertz CT molecular complexity index is 809. The maximum absolute atomic E-state index is 12.6. The van der Waals surface area contributed by atoms with E-state index in [1.807, 2.05) is 30.3 Å². The molecule has 6 rings (SSSR count). The molecular weight excluding hydrogens is 386 g/mol. The molecule has 0 saturated heterocycles. The highest BCUT2D eigenvalue weighted by Crippen LogP contribution is 2.61. The van der Waals surface area contributed by atoms with Crippen molar-refractivity contribution in [1.82, 2.24) is 0 Å². The smallest absolute Gasteiger partial charge is 0.255 e. The Morgan fingerprint density at radius 1 is 0.923 bits per heavy atom. The van der Waals surface area contributed by atoms with Crippen LogP contribution in [-0.4, -0.2) is 5.91 Å². The van der Waals surface area contributed by atoms with E-state index in [2.05, 4.69) is 39.4 Å². The lowest BCUT2D eigenvalue weighted by molar-refractivity contribution is -0.00517. The second-order valence-electron chi connectivity index (χ2n) is 8.71. The van der Waals surface area contributed by atoms with Crippen molar-refractivity contribution in [1.29, 1.82) is 0 Å². The molecular formula is C23H24BrNO. The first-order chi connectivity index (χ1) is 12.6. The first-order valence-corrected chi connectivity index (χ1v) is 10.6. The minimum absolute atomic E-state index is 0.0473. The van der Waals surface area contributed by atoms with Crippen LogP contribution in [0.4, 0.5) is 5.69 Å². The minimum Gasteiger partial charge on any atom is -0.321 e. The summed E-state index contributed by atoms with van der Waals surface area (Å²) in [6.07, 6.45) is 8.38. The van der Waals surface area contributed by atoms with Crippen LogP contribution >= 0.6 is 15.9 Å². The maximum atomic E-state index is 12.6. The molecule has 0 aromatic heterocycles. The van der Waals surface area contributed by atoms with Crippen LogP contribution in [0.3, 0.4) is 0 Å². The molecule has 0 atom stereocenters. The van der Waals surface area contributed by atoms with Gasteiger partial charge in [0.25, 0.3) is 5.91 Å². The summed E-state index contributed by atoms with van der Waals surface area (Å²) in [6, 6.07) is 16.1. The van der Waals surface area contributed by atoms with Gasteiger partial charge in [-0.2, -0.15) is 0 Å². The number of benzene rings is 2. The van der Waals surface area contributed by atoms with Crippen molar-refractivity contribution in [3.63, 3.8) is 0 Å². The van der Waals surface area contributed by atoms with Gasteiger partial charge in [-0.1, -0.05) is 24.3 Å². The van der Waals surface area contributed by atoms with Crippen molar-refractivity contribution >= 4 is 27.5 Å². The molecule has 0 aliphatic heterocycles. The molecule has 4 saturated carbocycles. The Morgan fingerprint density at radius 2 is 1.54 bits per heavy atom. The zero-order valence-electron chi connectivity index (χ0n) is 14.9. The molecule has 26 heavy (non-hydrogen) atoms. The van der Waals surface area contributed by atoms with Gasteiger partial charge in [-0.05, 0) is 107 Å². The Hall–Kier alpha value is -1.61. The first-order valence-electron chi connectivity index (χ1n) is 9.78. The number of hydrogen-bond donors (Lipinski definition) is 1. The minimum atomic E-state index is -0.0473. The van der Waals surface area contributed by atoms with Crippen LogP contribution in [-0.2, 0) is 5.41 Å². The third-order valence-electron chi connectivity index (χ3n) is 6.90. The average Bonchev–Trinajstić information content (AvgIpc) is 2.63. The highest BCUT2D eigenvalue weighted by Gasteiger charge is 2.51. The standard InChI is InChI=1S/C23H24BrNO/c24-20-7-6-19(11-21(20)25-22(26)18-4-2-1-3-5-18)23-12-15-8-16(13-23)10-17(9-15)14-23/h1-7,11,15-17H,8-10,12-14H2,(H,25,26). The number of amides is 1. The third kappa shape index (κ3) is 2.81. The van der Waals surface area contributed by atoms with Crippen LogP contribution in [0.1, 0.15) is 54.4 Å². The summed E-state index contributed by atoms with van der Waals surface area (Å²) in [7, 11) is 0. The highest BCUT2D eigenvalue weighted by atomic mass is 79.9. The van der Waals surface area contributed by atoms with Gasteiger partial charge in [0.05, 0.1) is 5.69 Å². The largest absolute Gasteiger partial charge is 0.321 e. The maximum Gasteiger partial charge on any atom is 0.255 e. The summed E-state index contributed by atoms with van der Waals surface area (Å²) in [6.45, 7) is 0. The summed E-state index contributed by atoms with van der Waals surface area (Å²) in [4.78, 5) is 12.6. The van der Waals surface area contributed by atoms with E-state index < -0.39 is 0 Å². The third-order valence-corrected chi connectivity index (χ3v) is 7.59. The fraction of sp³-hybridized carbons (Fsp3) is 0.435. The predicted octanol–water partition coefficient (Wildman–Crippen LogP) is 6.17. The summed E-state index contributed by atoms with van der Waals surface area (Å²) in [5, 5.41) is 3.11. The average molecular weight is 410 g/mol. The van der Waals surface area contributed by atoms with Crippen LogP contribution in [0.15, 0.2) is 53.0 Å². The van der Waals surface area contributed by atoms with Gasteiger partial charge in [-0.25, -0.2) is 0 Å². The number of hydrogen-bond acceptors (Lipinski definition) is 1. The number of rotatable bonds is 3. The van der Waals surface area contributed by atoms with Crippen LogP contribution < -0.4 is 5.32 Å². The SMILES string of the molecule is O=C(Nc1cc(C23CC4CC(CC(C4)C2)C3)ccc1Br)c1ccccc1. The van der Waals surface area contributed by atoms with E-state index in [-0.39, 0.29) is 5.91 Å². The van der Waals surface area contributed by atoms with Crippen LogP contribution in [0, 0.1) is 17.8 Å². The van der Waals surface area contributed by atoms with Gasteiger partial charge in [0.1, 0.15) is 0 Å². The Kier molecular flexibility index (Phi) is 3.97. The van der Waals surface area contributed by atoms with Crippen molar-refractivity contribution in [2.75, 3.05) is 5.32 Å². The van der Waals surface area contributed by atoms with Crippen molar-refractivity contribution in [2.24, 2.45) is 17.8 Å². The topological polar surface area (TPSA) is 29.1 Å². The fourth-order valence-corrected chi connectivity index (χ4v) is 6.54. The molecule has 4 fully saturated rings. The Morgan fingerprint density at radius 3 is 2.15 bits per heavy atom. The lowest BCUT2D eigenvalue weighted by Gasteiger charge is -2.57. The molecule has 2 aromatic rings. The Labute approximate surface area is 163 Å². The lowest BCUT2D eigenvalue weighted by Crippen LogP contribution is -2.48. The van der Waals surface area contributed by atoms with Crippen LogP contribution in [0.5, 0.6) is 0 Å². The molecule has 4 bridgehead atoms. The van der Waals surface area contributed by atoms with E-state index >= 15 is 0 Å². The van der Waals surface area contributed by atoms with Gasteiger partial charge < -0.3 is 5.32 Å².